The lowest BCUT2D eigenvalue weighted by atomic mass is 9.83. The number of aromatic hydroxyl groups is 2. The number of phenolic OH excluding ortho intramolecular Hbond substituents is 2. The van der Waals surface area contributed by atoms with E-state index in [1.807, 2.05) is 0 Å². The van der Waals surface area contributed by atoms with Gasteiger partial charge in [-0.25, -0.2) is 0 Å². The molecule has 0 aliphatic carbocycles. The van der Waals surface area contributed by atoms with Gasteiger partial charge in [-0.3, -0.25) is 4.55 Å². The third-order valence-corrected chi connectivity index (χ3v) is 7.32. The first kappa shape index (κ1) is 22.0. The van der Waals surface area contributed by atoms with Gasteiger partial charge in [0.2, 0.25) is 0 Å². The van der Waals surface area contributed by atoms with Gasteiger partial charge in [-0.1, -0.05) is 76.7 Å². The summed E-state index contributed by atoms with van der Waals surface area (Å²) in [6.07, 6.45) is 0. The van der Waals surface area contributed by atoms with E-state index in [9.17, 15) is 23.2 Å². The Morgan fingerprint density at radius 1 is 0.759 bits per heavy atom. The predicted molar refractivity (Wildman–Crippen MR) is 114 cm³/mol. The number of halogens is 4. The minimum atomic E-state index is -5.08. The lowest BCUT2D eigenvalue weighted by Crippen LogP contribution is -2.38. The summed E-state index contributed by atoms with van der Waals surface area (Å²) in [4.78, 5) is 0. The molecule has 10 heteroatoms. The van der Waals surface area contributed by atoms with Gasteiger partial charge >= 0.3 is 0 Å². The van der Waals surface area contributed by atoms with Crippen LogP contribution >= 0.6 is 46.4 Å². The molecular weight excluding hydrogens is 482 g/mol. The molecule has 3 N–H and O–H groups in total. The van der Waals surface area contributed by atoms with E-state index >= 15 is 0 Å². The summed E-state index contributed by atoms with van der Waals surface area (Å²) >= 11 is 24.3. The second kappa shape index (κ2) is 7.87. The van der Waals surface area contributed by atoms with E-state index < -0.39 is 20.6 Å². The first-order valence-corrected chi connectivity index (χ1v) is 10.9. The number of phenols is 2. The number of hydrogen-bond acceptors (Lipinski definition) is 4. The van der Waals surface area contributed by atoms with Crippen molar-refractivity contribution in [3.63, 3.8) is 0 Å². The van der Waals surface area contributed by atoms with E-state index in [0.29, 0.717) is 0 Å². The zero-order valence-corrected chi connectivity index (χ0v) is 18.1. The van der Waals surface area contributed by atoms with Gasteiger partial charge in [0, 0.05) is 16.1 Å². The van der Waals surface area contributed by atoms with Gasteiger partial charge in [-0.05, 0) is 29.8 Å². The van der Waals surface area contributed by atoms with Crippen LogP contribution in [-0.2, 0) is 14.9 Å². The van der Waals surface area contributed by atoms with Gasteiger partial charge in [0.25, 0.3) is 10.1 Å². The molecule has 0 heterocycles. The zero-order valence-electron chi connectivity index (χ0n) is 14.3. The largest absolute Gasteiger partial charge is 0.506 e. The topological polar surface area (TPSA) is 94.8 Å². The van der Waals surface area contributed by atoms with Crippen LogP contribution < -0.4 is 0 Å². The highest BCUT2D eigenvalue weighted by molar-refractivity contribution is 7.87. The molecule has 152 valence electrons. The minimum absolute atomic E-state index is 0.0141. The summed E-state index contributed by atoms with van der Waals surface area (Å²) in [7, 11) is -5.08. The predicted octanol–water partition coefficient (Wildman–Crippen LogP) is 5.89. The summed E-state index contributed by atoms with van der Waals surface area (Å²) in [5, 5.41) is 20.0. The highest BCUT2D eigenvalue weighted by Gasteiger charge is 2.51. The van der Waals surface area contributed by atoms with Crippen LogP contribution in [0, 0.1) is 0 Å². The summed E-state index contributed by atoms with van der Waals surface area (Å²) in [6.45, 7) is 0. The van der Waals surface area contributed by atoms with Crippen molar-refractivity contribution in [3.8, 4) is 11.5 Å². The molecule has 1 atom stereocenters. The molecule has 0 amide bonds. The second-order valence-electron chi connectivity index (χ2n) is 6.06. The fourth-order valence-electron chi connectivity index (χ4n) is 3.18. The van der Waals surface area contributed by atoms with E-state index in [2.05, 4.69) is 0 Å². The van der Waals surface area contributed by atoms with Crippen LogP contribution in [0.1, 0.15) is 16.7 Å². The Hall–Kier alpha value is -1.67. The molecule has 5 nitrogen and oxygen atoms in total. The Bertz CT molecular complexity index is 1210. The standard InChI is InChI=1S/C19H12Cl4O5S/c20-13-4-2-1-3-11(13)19(29(26,27)28,10-5-8-16(24)15(22)9-10)12-6-7-14(21)17(23)18(12)25/h1-9,24-25H,(H,26,27,28). The Balaban J connectivity index is 2.61. The van der Waals surface area contributed by atoms with Crippen molar-refractivity contribution in [2.45, 2.75) is 4.75 Å². The summed E-state index contributed by atoms with van der Waals surface area (Å²) in [5.74, 6) is -0.974. The molecule has 3 aromatic carbocycles. The highest BCUT2D eigenvalue weighted by atomic mass is 35.5. The van der Waals surface area contributed by atoms with Crippen molar-refractivity contribution < 1.29 is 23.2 Å². The molecule has 3 aromatic rings. The molecule has 0 aromatic heterocycles. The van der Waals surface area contributed by atoms with E-state index in [-0.39, 0.29) is 42.5 Å². The summed E-state index contributed by atoms with van der Waals surface area (Å²) < 4.78 is 34.0. The highest BCUT2D eigenvalue weighted by Crippen LogP contribution is 2.52. The molecular formula is C19H12Cl4O5S. The van der Waals surface area contributed by atoms with Gasteiger partial charge in [-0.2, -0.15) is 8.42 Å². The summed E-state index contributed by atoms with van der Waals surface area (Å²) in [5.41, 5.74) is -0.464. The Morgan fingerprint density at radius 2 is 1.41 bits per heavy atom. The van der Waals surface area contributed by atoms with Gasteiger partial charge in [0.05, 0.1) is 10.0 Å². The maximum Gasteiger partial charge on any atom is 0.283 e. The van der Waals surface area contributed by atoms with E-state index in [0.717, 1.165) is 12.1 Å². The van der Waals surface area contributed by atoms with Crippen molar-refractivity contribution in [1.82, 2.24) is 0 Å². The molecule has 0 saturated heterocycles. The van der Waals surface area contributed by atoms with Crippen molar-refractivity contribution in [1.29, 1.82) is 0 Å². The van der Waals surface area contributed by atoms with Gasteiger partial charge in [0.1, 0.15) is 16.5 Å². The Kier molecular flexibility index (Phi) is 5.98. The third kappa shape index (κ3) is 3.54. The van der Waals surface area contributed by atoms with Crippen molar-refractivity contribution in [2.75, 3.05) is 0 Å². The molecule has 0 saturated carbocycles. The van der Waals surface area contributed by atoms with Gasteiger partial charge < -0.3 is 10.2 Å². The van der Waals surface area contributed by atoms with E-state index in [4.69, 9.17) is 46.4 Å². The maximum atomic E-state index is 13.0. The quantitative estimate of drug-likeness (QED) is 0.311. The van der Waals surface area contributed by atoms with Crippen molar-refractivity contribution >= 4 is 56.5 Å². The lowest BCUT2D eigenvalue weighted by Gasteiger charge is -2.34. The molecule has 29 heavy (non-hydrogen) atoms. The first-order chi connectivity index (χ1) is 13.5. The van der Waals surface area contributed by atoms with Crippen LogP contribution in [0.15, 0.2) is 54.6 Å². The first-order valence-electron chi connectivity index (χ1n) is 7.90. The maximum absolute atomic E-state index is 13.0. The average molecular weight is 494 g/mol. The molecule has 0 bridgehead atoms. The third-order valence-electron chi connectivity index (χ3n) is 4.44. The smallest absolute Gasteiger partial charge is 0.283 e. The normalized spacial score (nSPS) is 13.8. The van der Waals surface area contributed by atoms with Crippen molar-refractivity contribution in [3.05, 3.63) is 91.4 Å². The SMILES string of the molecule is O=S(=O)(O)C(c1ccc(O)c(Cl)c1)(c1ccccc1Cl)c1ccc(Cl)c(Cl)c1O. The van der Waals surface area contributed by atoms with E-state index in [1.165, 1.54) is 36.4 Å². The molecule has 0 fully saturated rings. The monoisotopic (exact) mass is 492 g/mol. The molecule has 0 spiro atoms. The van der Waals surface area contributed by atoms with Crippen LogP contribution in [0.4, 0.5) is 0 Å². The van der Waals surface area contributed by atoms with Gasteiger partial charge in [-0.15, -0.1) is 0 Å². The number of rotatable bonds is 4. The molecule has 0 aliphatic heterocycles. The van der Waals surface area contributed by atoms with Crippen LogP contribution in [0.5, 0.6) is 11.5 Å². The van der Waals surface area contributed by atoms with Gasteiger partial charge in [0.15, 0.2) is 4.75 Å². The van der Waals surface area contributed by atoms with Crippen LogP contribution in [0.25, 0.3) is 0 Å². The van der Waals surface area contributed by atoms with Crippen molar-refractivity contribution in [2.24, 2.45) is 0 Å². The number of hydrogen-bond donors (Lipinski definition) is 3. The molecule has 0 aliphatic rings. The molecule has 3 rings (SSSR count). The second-order valence-corrected chi connectivity index (χ2v) is 9.22. The zero-order chi connectivity index (χ0) is 21.6. The summed E-state index contributed by atoms with van der Waals surface area (Å²) in [6, 6.07) is 11.9. The van der Waals surface area contributed by atoms with E-state index in [1.54, 1.807) is 6.07 Å². The average Bonchev–Trinajstić information content (AvgIpc) is 2.65. The van der Waals surface area contributed by atoms with Crippen LogP contribution in [0.3, 0.4) is 0 Å². The fourth-order valence-corrected chi connectivity index (χ4v) is 5.33. The van der Waals surface area contributed by atoms with Crippen LogP contribution in [-0.4, -0.2) is 23.2 Å². The molecule has 1 unspecified atom stereocenters. The molecule has 0 radical (unpaired) electrons. The lowest BCUT2D eigenvalue weighted by molar-refractivity contribution is 0.440. The van der Waals surface area contributed by atoms with Crippen LogP contribution in [0.2, 0.25) is 20.1 Å². The Morgan fingerprint density at radius 3 is 2.00 bits per heavy atom. The Labute approximate surface area is 186 Å². The minimum Gasteiger partial charge on any atom is -0.506 e. The number of benzene rings is 3. The fraction of sp³-hybridized carbons (Fsp3) is 0.0526.